The fourth-order valence-corrected chi connectivity index (χ4v) is 2.87. The van der Waals surface area contributed by atoms with Crippen LogP contribution in [0.4, 0.5) is 13.2 Å². The standard InChI is InChI=1S/C19H11F3N2O4/c20-19(21,22)18-14(10-8-23-24(9-10)11-4-2-1-3-5-11)15(26)12-6-7-13(25)16(27)17(12)28-18/h1-9,25,27H. The summed E-state index contributed by atoms with van der Waals surface area (Å²) in [5, 5.41) is 23.0. The molecule has 0 radical (unpaired) electrons. The van der Waals surface area contributed by atoms with Gasteiger partial charge in [0.25, 0.3) is 0 Å². The number of fused-ring (bicyclic) bond motifs is 1. The summed E-state index contributed by atoms with van der Waals surface area (Å²) in [6.07, 6.45) is -2.61. The summed E-state index contributed by atoms with van der Waals surface area (Å²) in [6.45, 7) is 0. The molecule has 2 aromatic heterocycles. The summed E-state index contributed by atoms with van der Waals surface area (Å²) in [5.41, 5.74) is -1.98. The third-order valence-corrected chi connectivity index (χ3v) is 4.16. The molecule has 0 unspecified atom stereocenters. The normalized spacial score (nSPS) is 11.8. The van der Waals surface area contributed by atoms with E-state index in [-0.39, 0.29) is 10.9 Å². The van der Waals surface area contributed by atoms with Crippen LogP contribution in [0, 0.1) is 0 Å². The Bertz CT molecular complexity index is 1240. The van der Waals surface area contributed by atoms with Crippen LogP contribution < -0.4 is 5.43 Å². The Morgan fingerprint density at radius 2 is 1.75 bits per heavy atom. The van der Waals surface area contributed by atoms with E-state index in [1.54, 1.807) is 30.3 Å². The van der Waals surface area contributed by atoms with E-state index in [1.807, 2.05) is 0 Å². The molecule has 9 heteroatoms. The Morgan fingerprint density at radius 1 is 1.04 bits per heavy atom. The van der Waals surface area contributed by atoms with Crippen LogP contribution in [-0.2, 0) is 6.18 Å². The minimum atomic E-state index is -5.02. The maximum absolute atomic E-state index is 13.6. The Hall–Kier alpha value is -3.75. The molecular formula is C19H11F3N2O4. The third kappa shape index (κ3) is 2.77. The van der Waals surface area contributed by atoms with Gasteiger partial charge in [-0.15, -0.1) is 0 Å². The summed E-state index contributed by atoms with van der Waals surface area (Å²) in [6, 6.07) is 10.7. The van der Waals surface area contributed by atoms with Crippen molar-refractivity contribution in [1.29, 1.82) is 0 Å². The molecule has 4 rings (SSSR count). The van der Waals surface area contributed by atoms with Gasteiger partial charge in [0.05, 0.1) is 22.8 Å². The van der Waals surface area contributed by atoms with Crippen LogP contribution in [0.15, 0.2) is 64.1 Å². The number of rotatable bonds is 2. The highest BCUT2D eigenvalue weighted by molar-refractivity contribution is 5.88. The fraction of sp³-hybridized carbons (Fsp3) is 0.0526. The lowest BCUT2D eigenvalue weighted by molar-refractivity contribution is -0.152. The zero-order valence-corrected chi connectivity index (χ0v) is 13.9. The van der Waals surface area contributed by atoms with Crippen molar-refractivity contribution in [1.82, 2.24) is 9.78 Å². The molecule has 0 aliphatic rings. The van der Waals surface area contributed by atoms with Crippen LogP contribution in [0.5, 0.6) is 11.5 Å². The summed E-state index contributed by atoms with van der Waals surface area (Å²) < 4.78 is 47.0. The molecule has 28 heavy (non-hydrogen) atoms. The lowest BCUT2D eigenvalue weighted by atomic mass is 10.0. The van der Waals surface area contributed by atoms with Gasteiger partial charge in [-0.05, 0) is 24.3 Å². The van der Waals surface area contributed by atoms with Gasteiger partial charge < -0.3 is 14.6 Å². The summed E-state index contributed by atoms with van der Waals surface area (Å²) in [5.74, 6) is -3.22. The van der Waals surface area contributed by atoms with Crippen molar-refractivity contribution in [2.75, 3.05) is 0 Å². The molecule has 2 N–H and O–H groups in total. The minimum Gasteiger partial charge on any atom is -0.504 e. The zero-order valence-electron chi connectivity index (χ0n) is 13.9. The van der Waals surface area contributed by atoms with Crippen LogP contribution in [0.1, 0.15) is 5.76 Å². The number of aromatic nitrogens is 2. The average molecular weight is 388 g/mol. The number of para-hydroxylation sites is 1. The maximum atomic E-state index is 13.6. The van der Waals surface area contributed by atoms with Crippen LogP contribution >= 0.6 is 0 Å². The van der Waals surface area contributed by atoms with Crippen LogP contribution in [0.25, 0.3) is 27.8 Å². The van der Waals surface area contributed by atoms with E-state index >= 15 is 0 Å². The van der Waals surface area contributed by atoms with Gasteiger partial charge in [0, 0.05) is 11.8 Å². The number of phenols is 2. The van der Waals surface area contributed by atoms with Gasteiger partial charge in [-0.2, -0.15) is 18.3 Å². The van der Waals surface area contributed by atoms with Crippen LogP contribution in [-0.4, -0.2) is 20.0 Å². The number of hydrogen-bond acceptors (Lipinski definition) is 5. The fourth-order valence-electron chi connectivity index (χ4n) is 2.87. The largest absolute Gasteiger partial charge is 0.504 e. The first-order valence-electron chi connectivity index (χ1n) is 7.97. The van der Waals surface area contributed by atoms with Gasteiger partial charge in [-0.1, -0.05) is 18.2 Å². The molecule has 0 bridgehead atoms. The van der Waals surface area contributed by atoms with Gasteiger partial charge in [-0.25, -0.2) is 4.68 Å². The molecule has 0 saturated carbocycles. The van der Waals surface area contributed by atoms with E-state index in [9.17, 15) is 28.2 Å². The predicted molar refractivity (Wildman–Crippen MR) is 93.4 cm³/mol. The number of phenolic OH excluding ortho intramolecular Hbond substituents is 2. The van der Waals surface area contributed by atoms with Crippen LogP contribution in [0.3, 0.4) is 0 Å². The molecule has 0 saturated heterocycles. The molecule has 142 valence electrons. The lowest BCUT2D eigenvalue weighted by Crippen LogP contribution is -2.15. The number of hydrogen-bond donors (Lipinski definition) is 2. The average Bonchev–Trinajstić information content (AvgIpc) is 3.14. The van der Waals surface area contributed by atoms with E-state index in [0.29, 0.717) is 5.69 Å². The van der Waals surface area contributed by atoms with E-state index < -0.39 is 40.0 Å². The van der Waals surface area contributed by atoms with Gasteiger partial charge >= 0.3 is 6.18 Å². The highest BCUT2D eigenvalue weighted by Crippen LogP contribution is 2.40. The third-order valence-electron chi connectivity index (χ3n) is 4.16. The number of nitrogens with zero attached hydrogens (tertiary/aromatic N) is 2. The van der Waals surface area contributed by atoms with E-state index in [4.69, 9.17) is 4.42 Å². The predicted octanol–water partition coefficient (Wildman–Crippen LogP) is 4.08. The summed E-state index contributed by atoms with van der Waals surface area (Å²) in [4.78, 5) is 12.8. The SMILES string of the molecule is O=c1c(-c2cnn(-c3ccccc3)c2)c(C(F)(F)F)oc2c(O)c(O)ccc12. The highest BCUT2D eigenvalue weighted by atomic mass is 19.4. The van der Waals surface area contributed by atoms with Crippen LogP contribution in [0.2, 0.25) is 0 Å². The second-order valence-corrected chi connectivity index (χ2v) is 5.95. The Kier molecular flexibility index (Phi) is 3.88. The van der Waals surface area contributed by atoms with E-state index in [2.05, 4.69) is 5.10 Å². The Labute approximate surface area is 154 Å². The van der Waals surface area contributed by atoms with Gasteiger partial charge in [0.1, 0.15) is 0 Å². The smallest absolute Gasteiger partial charge is 0.450 e. The van der Waals surface area contributed by atoms with E-state index in [1.165, 1.54) is 10.9 Å². The first-order valence-corrected chi connectivity index (χ1v) is 7.97. The maximum Gasteiger partial charge on any atom is 0.450 e. The molecule has 6 nitrogen and oxygen atoms in total. The van der Waals surface area contributed by atoms with Gasteiger partial charge in [0.2, 0.25) is 16.9 Å². The van der Waals surface area contributed by atoms with Crippen molar-refractivity contribution in [3.05, 3.63) is 70.8 Å². The summed E-state index contributed by atoms with van der Waals surface area (Å²) >= 11 is 0. The Morgan fingerprint density at radius 3 is 2.43 bits per heavy atom. The van der Waals surface area contributed by atoms with E-state index in [0.717, 1.165) is 18.3 Å². The van der Waals surface area contributed by atoms with Crippen molar-refractivity contribution in [2.45, 2.75) is 6.18 Å². The van der Waals surface area contributed by atoms with Gasteiger partial charge in [-0.3, -0.25) is 4.79 Å². The highest BCUT2D eigenvalue weighted by Gasteiger charge is 2.40. The quantitative estimate of drug-likeness (QED) is 0.505. The molecular weight excluding hydrogens is 377 g/mol. The topological polar surface area (TPSA) is 88.5 Å². The molecule has 0 amide bonds. The van der Waals surface area contributed by atoms with Crippen molar-refractivity contribution in [2.24, 2.45) is 0 Å². The first-order chi connectivity index (χ1) is 13.3. The van der Waals surface area contributed by atoms with Crippen molar-refractivity contribution >= 4 is 11.0 Å². The minimum absolute atomic E-state index is 0.0978. The molecule has 0 aliphatic carbocycles. The number of halogens is 3. The second kappa shape index (κ2) is 6.15. The van der Waals surface area contributed by atoms with Crippen molar-refractivity contribution in [3.8, 4) is 28.3 Å². The number of aromatic hydroxyl groups is 2. The molecule has 2 aromatic carbocycles. The molecule has 4 aromatic rings. The molecule has 0 aliphatic heterocycles. The summed E-state index contributed by atoms with van der Waals surface area (Å²) in [7, 11) is 0. The molecule has 0 spiro atoms. The van der Waals surface area contributed by atoms with Crippen molar-refractivity contribution in [3.63, 3.8) is 0 Å². The molecule has 2 heterocycles. The zero-order chi connectivity index (χ0) is 20.1. The lowest BCUT2D eigenvalue weighted by Gasteiger charge is -2.12. The first kappa shape index (κ1) is 17.7. The monoisotopic (exact) mass is 388 g/mol. The number of benzene rings is 2. The second-order valence-electron chi connectivity index (χ2n) is 5.95. The molecule has 0 atom stereocenters. The Balaban J connectivity index is 2.02. The van der Waals surface area contributed by atoms with Gasteiger partial charge in [0.15, 0.2) is 11.3 Å². The number of alkyl halides is 3. The molecule has 0 fully saturated rings. The van der Waals surface area contributed by atoms with Crippen molar-refractivity contribution < 1.29 is 27.8 Å².